The molecular weight excluding hydrogens is 190 g/mol. The molecule has 0 radical (unpaired) electrons. The van der Waals surface area contributed by atoms with Crippen LogP contribution in [0.1, 0.15) is 38.5 Å². The largest absolute Gasteiger partial charge is 0.467 e. The van der Waals surface area contributed by atoms with Crippen LogP contribution in [-0.2, 0) is 17.9 Å². The van der Waals surface area contributed by atoms with E-state index in [2.05, 4.69) is 26.1 Å². The minimum atomic E-state index is -0.0735. The standard InChI is InChI=1S/C12H21NO2/c1-5-12(2,3)15-9-11-6-10(7-13-4)8-14-11/h6,8,13H,5,7,9H2,1-4H3. The van der Waals surface area contributed by atoms with Crippen molar-refractivity contribution in [2.24, 2.45) is 0 Å². The summed E-state index contributed by atoms with van der Waals surface area (Å²) in [7, 11) is 1.92. The Kier molecular flexibility index (Phi) is 4.36. The van der Waals surface area contributed by atoms with E-state index >= 15 is 0 Å². The minimum Gasteiger partial charge on any atom is -0.467 e. The Hall–Kier alpha value is -0.800. The average molecular weight is 211 g/mol. The van der Waals surface area contributed by atoms with Crippen LogP contribution in [0.15, 0.2) is 16.7 Å². The van der Waals surface area contributed by atoms with Gasteiger partial charge < -0.3 is 14.5 Å². The first kappa shape index (κ1) is 12.3. The van der Waals surface area contributed by atoms with Gasteiger partial charge >= 0.3 is 0 Å². The molecule has 0 aliphatic rings. The van der Waals surface area contributed by atoms with Crippen molar-refractivity contribution in [2.75, 3.05) is 7.05 Å². The molecule has 3 nitrogen and oxygen atoms in total. The van der Waals surface area contributed by atoms with Crippen molar-refractivity contribution in [2.45, 2.75) is 45.9 Å². The summed E-state index contributed by atoms with van der Waals surface area (Å²) in [6, 6.07) is 2.03. The summed E-state index contributed by atoms with van der Waals surface area (Å²) in [4.78, 5) is 0. The number of hydrogen-bond donors (Lipinski definition) is 1. The van der Waals surface area contributed by atoms with Crippen LogP contribution < -0.4 is 5.32 Å². The molecule has 0 unspecified atom stereocenters. The van der Waals surface area contributed by atoms with Crippen LogP contribution in [0.3, 0.4) is 0 Å². The zero-order valence-electron chi connectivity index (χ0n) is 10.1. The van der Waals surface area contributed by atoms with Gasteiger partial charge in [0.15, 0.2) is 0 Å². The summed E-state index contributed by atoms with van der Waals surface area (Å²) in [5.74, 6) is 0.891. The second-order valence-corrected chi connectivity index (χ2v) is 4.35. The summed E-state index contributed by atoms with van der Waals surface area (Å²) in [5.41, 5.74) is 1.08. The van der Waals surface area contributed by atoms with E-state index in [1.165, 1.54) is 0 Å². The molecule has 0 fully saturated rings. The van der Waals surface area contributed by atoms with Crippen LogP contribution in [0.5, 0.6) is 0 Å². The second kappa shape index (κ2) is 5.33. The van der Waals surface area contributed by atoms with Gasteiger partial charge in [0.2, 0.25) is 0 Å². The van der Waals surface area contributed by atoms with E-state index in [1.54, 1.807) is 6.26 Å². The molecular formula is C12H21NO2. The van der Waals surface area contributed by atoms with Crippen molar-refractivity contribution in [3.05, 3.63) is 23.7 Å². The molecule has 0 aromatic carbocycles. The fourth-order valence-electron chi connectivity index (χ4n) is 1.17. The minimum absolute atomic E-state index is 0.0735. The van der Waals surface area contributed by atoms with Gasteiger partial charge in [-0.3, -0.25) is 0 Å². The molecule has 86 valence electrons. The fourth-order valence-corrected chi connectivity index (χ4v) is 1.17. The lowest BCUT2D eigenvalue weighted by Gasteiger charge is -2.22. The molecule has 0 saturated carbocycles. The van der Waals surface area contributed by atoms with Gasteiger partial charge in [0, 0.05) is 12.1 Å². The molecule has 3 heteroatoms. The molecule has 1 rings (SSSR count). The lowest BCUT2D eigenvalue weighted by molar-refractivity contribution is -0.0383. The predicted molar refractivity (Wildman–Crippen MR) is 60.6 cm³/mol. The number of ether oxygens (including phenoxy) is 1. The second-order valence-electron chi connectivity index (χ2n) is 4.35. The van der Waals surface area contributed by atoms with Gasteiger partial charge in [-0.1, -0.05) is 6.92 Å². The SMILES string of the molecule is CCC(C)(C)OCc1cc(CNC)co1. The topological polar surface area (TPSA) is 34.4 Å². The van der Waals surface area contributed by atoms with E-state index in [9.17, 15) is 0 Å². The van der Waals surface area contributed by atoms with Crippen LogP contribution in [0.2, 0.25) is 0 Å². The zero-order valence-corrected chi connectivity index (χ0v) is 10.1. The highest BCUT2D eigenvalue weighted by molar-refractivity contribution is 5.11. The van der Waals surface area contributed by atoms with E-state index < -0.39 is 0 Å². The van der Waals surface area contributed by atoms with E-state index in [0.29, 0.717) is 6.61 Å². The molecule has 1 aromatic heterocycles. The van der Waals surface area contributed by atoms with Crippen molar-refractivity contribution in [1.29, 1.82) is 0 Å². The Morgan fingerprint density at radius 1 is 1.47 bits per heavy atom. The van der Waals surface area contributed by atoms with E-state index in [-0.39, 0.29) is 5.60 Å². The smallest absolute Gasteiger partial charge is 0.129 e. The highest BCUT2D eigenvalue weighted by atomic mass is 16.5. The van der Waals surface area contributed by atoms with Crippen LogP contribution in [0.4, 0.5) is 0 Å². The predicted octanol–water partition coefficient (Wildman–Crippen LogP) is 2.70. The van der Waals surface area contributed by atoms with Gasteiger partial charge in [-0.25, -0.2) is 0 Å². The molecule has 0 aliphatic heterocycles. The maximum Gasteiger partial charge on any atom is 0.129 e. The Morgan fingerprint density at radius 3 is 2.80 bits per heavy atom. The summed E-state index contributed by atoms with van der Waals surface area (Å²) < 4.78 is 11.1. The van der Waals surface area contributed by atoms with E-state index in [4.69, 9.17) is 9.15 Å². The molecule has 0 amide bonds. The fraction of sp³-hybridized carbons (Fsp3) is 0.667. The highest BCUT2D eigenvalue weighted by Crippen LogP contribution is 2.17. The van der Waals surface area contributed by atoms with Crippen molar-refractivity contribution in [3.63, 3.8) is 0 Å². The maximum atomic E-state index is 5.74. The monoisotopic (exact) mass is 211 g/mol. The number of furan rings is 1. The van der Waals surface area contributed by atoms with E-state index in [1.807, 2.05) is 13.1 Å². The van der Waals surface area contributed by atoms with Gasteiger partial charge in [0.1, 0.15) is 12.4 Å². The van der Waals surface area contributed by atoms with Gasteiger partial charge in [-0.05, 0) is 33.4 Å². The lowest BCUT2D eigenvalue weighted by Crippen LogP contribution is -2.22. The molecule has 0 spiro atoms. The zero-order chi connectivity index (χ0) is 11.3. The van der Waals surface area contributed by atoms with Crippen molar-refractivity contribution >= 4 is 0 Å². The first-order valence-electron chi connectivity index (χ1n) is 5.42. The van der Waals surface area contributed by atoms with E-state index in [0.717, 1.165) is 24.3 Å². The van der Waals surface area contributed by atoms with Gasteiger partial charge in [-0.15, -0.1) is 0 Å². The van der Waals surface area contributed by atoms with Crippen LogP contribution in [0.25, 0.3) is 0 Å². The lowest BCUT2D eigenvalue weighted by atomic mass is 10.1. The molecule has 1 N–H and O–H groups in total. The van der Waals surface area contributed by atoms with Crippen molar-refractivity contribution in [1.82, 2.24) is 5.32 Å². The molecule has 1 heterocycles. The molecule has 15 heavy (non-hydrogen) atoms. The summed E-state index contributed by atoms with van der Waals surface area (Å²) >= 11 is 0. The third kappa shape index (κ3) is 4.06. The van der Waals surface area contributed by atoms with Crippen LogP contribution in [-0.4, -0.2) is 12.6 Å². The molecule has 1 aromatic rings. The summed E-state index contributed by atoms with van der Waals surface area (Å²) in [6.45, 7) is 7.68. The van der Waals surface area contributed by atoms with Crippen LogP contribution in [0, 0.1) is 0 Å². The van der Waals surface area contributed by atoms with Crippen molar-refractivity contribution in [3.8, 4) is 0 Å². The molecule has 0 saturated heterocycles. The molecule has 0 aliphatic carbocycles. The first-order chi connectivity index (χ1) is 7.07. The average Bonchev–Trinajstić information content (AvgIpc) is 2.64. The van der Waals surface area contributed by atoms with Gasteiger partial charge in [0.25, 0.3) is 0 Å². The number of hydrogen-bond acceptors (Lipinski definition) is 3. The number of nitrogens with one attached hydrogen (secondary N) is 1. The Labute approximate surface area is 91.8 Å². The van der Waals surface area contributed by atoms with Gasteiger partial charge in [0.05, 0.1) is 11.9 Å². The Balaban J connectivity index is 2.44. The Morgan fingerprint density at radius 2 is 2.20 bits per heavy atom. The van der Waals surface area contributed by atoms with Crippen molar-refractivity contribution < 1.29 is 9.15 Å². The normalized spacial score (nSPS) is 12.0. The molecule has 0 atom stereocenters. The number of rotatable bonds is 6. The first-order valence-corrected chi connectivity index (χ1v) is 5.42. The summed E-state index contributed by atoms with van der Waals surface area (Å²) in [5, 5.41) is 3.08. The Bertz CT molecular complexity index is 292. The quantitative estimate of drug-likeness (QED) is 0.785. The van der Waals surface area contributed by atoms with Crippen LogP contribution >= 0.6 is 0 Å². The summed E-state index contributed by atoms with van der Waals surface area (Å²) in [6.07, 6.45) is 2.77. The highest BCUT2D eigenvalue weighted by Gasteiger charge is 2.16. The third-order valence-corrected chi connectivity index (χ3v) is 2.55. The third-order valence-electron chi connectivity index (χ3n) is 2.55. The van der Waals surface area contributed by atoms with Gasteiger partial charge in [-0.2, -0.15) is 0 Å². The molecule has 0 bridgehead atoms. The maximum absolute atomic E-state index is 5.74.